The lowest BCUT2D eigenvalue weighted by Gasteiger charge is -2.24. The molecule has 0 aliphatic heterocycles. The van der Waals surface area contributed by atoms with Crippen LogP contribution in [0.1, 0.15) is 123 Å². The number of rotatable bonds is 33. The fraction of sp³-hybridized carbons (Fsp3) is 0.659. The highest BCUT2D eigenvalue weighted by molar-refractivity contribution is 7.47. The summed E-state index contributed by atoms with van der Waals surface area (Å²) in [5, 5.41) is 0. The molecule has 51 heavy (non-hydrogen) atoms. The summed E-state index contributed by atoms with van der Waals surface area (Å²) >= 11 is 0. The number of unbranched alkanes of at least 4 members (excludes halogenated alkanes) is 9. The van der Waals surface area contributed by atoms with Gasteiger partial charge in [0.15, 0.2) is 6.10 Å². The van der Waals surface area contributed by atoms with Crippen molar-refractivity contribution in [3.05, 3.63) is 72.9 Å². The van der Waals surface area contributed by atoms with E-state index in [-0.39, 0.29) is 26.1 Å². The molecule has 0 heterocycles. The van der Waals surface area contributed by atoms with E-state index in [1.165, 1.54) is 0 Å². The number of quaternary nitrogens is 1. The van der Waals surface area contributed by atoms with Crippen LogP contribution in [-0.4, -0.2) is 74.9 Å². The van der Waals surface area contributed by atoms with Gasteiger partial charge in [-0.05, 0) is 64.2 Å². The van der Waals surface area contributed by atoms with Crippen LogP contribution in [0, 0.1) is 0 Å². The van der Waals surface area contributed by atoms with E-state index >= 15 is 0 Å². The average Bonchev–Trinajstić information content (AvgIpc) is 3.07. The molecule has 0 saturated heterocycles. The zero-order chi connectivity index (χ0) is 37.9. The van der Waals surface area contributed by atoms with Crippen LogP contribution in [0.2, 0.25) is 0 Å². The molecule has 0 aliphatic rings. The Hall–Kier alpha value is -2.55. The second-order valence-electron chi connectivity index (χ2n) is 13.6. The van der Waals surface area contributed by atoms with Crippen molar-refractivity contribution >= 4 is 19.8 Å². The number of allylic oxidation sites excluding steroid dienone is 12. The van der Waals surface area contributed by atoms with Gasteiger partial charge in [0.05, 0.1) is 27.7 Å². The maximum Gasteiger partial charge on any atom is 0.472 e. The fourth-order valence-electron chi connectivity index (χ4n) is 4.55. The molecule has 0 fully saturated rings. The number of hydrogen-bond acceptors (Lipinski definition) is 7. The molecule has 0 rings (SSSR count). The molecular formula is C41H71NO8P+. The van der Waals surface area contributed by atoms with Gasteiger partial charge in [-0.1, -0.05) is 119 Å². The van der Waals surface area contributed by atoms with Gasteiger partial charge >= 0.3 is 19.8 Å². The highest BCUT2D eigenvalue weighted by Crippen LogP contribution is 2.43. The molecule has 10 heteroatoms. The topological polar surface area (TPSA) is 108 Å². The lowest BCUT2D eigenvalue weighted by atomic mass is 10.1. The minimum absolute atomic E-state index is 0.0194. The van der Waals surface area contributed by atoms with E-state index < -0.39 is 32.5 Å². The Morgan fingerprint density at radius 1 is 0.627 bits per heavy atom. The summed E-state index contributed by atoms with van der Waals surface area (Å²) in [6.45, 7) is 4.08. The van der Waals surface area contributed by atoms with Gasteiger partial charge in [-0.2, -0.15) is 0 Å². The largest absolute Gasteiger partial charge is 0.472 e. The third-order valence-electron chi connectivity index (χ3n) is 7.54. The van der Waals surface area contributed by atoms with Crippen LogP contribution in [0.4, 0.5) is 0 Å². The van der Waals surface area contributed by atoms with Gasteiger partial charge in [0.25, 0.3) is 0 Å². The molecule has 0 radical (unpaired) electrons. The van der Waals surface area contributed by atoms with E-state index in [1.807, 2.05) is 39.4 Å². The van der Waals surface area contributed by atoms with Crippen LogP contribution in [0.5, 0.6) is 0 Å². The smallest absolute Gasteiger partial charge is 0.462 e. The van der Waals surface area contributed by atoms with E-state index in [0.29, 0.717) is 23.9 Å². The molecule has 2 unspecified atom stereocenters. The summed E-state index contributed by atoms with van der Waals surface area (Å²) in [6.07, 6.45) is 39.5. The number of likely N-dealkylation sites (N-methyl/N-ethyl adjacent to an activating group) is 1. The molecule has 1 N–H and O–H groups in total. The van der Waals surface area contributed by atoms with Gasteiger partial charge in [0.2, 0.25) is 0 Å². The summed E-state index contributed by atoms with van der Waals surface area (Å²) < 4.78 is 34.1. The third-order valence-corrected chi connectivity index (χ3v) is 8.53. The molecule has 0 saturated carbocycles. The monoisotopic (exact) mass is 736 g/mol. The SMILES string of the molecule is CC/C=C/C=C/C=C/CCCCCCCC(=O)OC(COC(=O)CCCCCC/C=C/C/C=C/C/C=C/CC)COP(=O)(O)OCC[N+](C)(C)C. The number of nitrogens with zero attached hydrogens (tertiary/aromatic N) is 1. The Morgan fingerprint density at radius 3 is 1.78 bits per heavy atom. The van der Waals surface area contributed by atoms with E-state index in [0.717, 1.165) is 83.5 Å². The Balaban J connectivity index is 4.52. The van der Waals surface area contributed by atoms with Crippen LogP contribution in [-0.2, 0) is 32.7 Å². The van der Waals surface area contributed by atoms with Crippen LogP contribution in [0.3, 0.4) is 0 Å². The fourth-order valence-corrected chi connectivity index (χ4v) is 5.30. The first kappa shape index (κ1) is 48.5. The number of esters is 2. The number of phosphoric acid groups is 1. The molecule has 9 nitrogen and oxygen atoms in total. The minimum atomic E-state index is -4.38. The summed E-state index contributed by atoms with van der Waals surface area (Å²) in [5.41, 5.74) is 0. The summed E-state index contributed by atoms with van der Waals surface area (Å²) in [4.78, 5) is 35.2. The molecule has 2 atom stereocenters. The summed E-state index contributed by atoms with van der Waals surface area (Å²) in [6, 6.07) is 0. The predicted octanol–water partition coefficient (Wildman–Crippen LogP) is 10.3. The number of carbonyl (C=O) groups is 2. The molecule has 0 bridgehead atoms. The lowest BCUT2D eigenvalue weighted by molar-refractivity contribution is -0.870. The summed E-state index contributed by atoms with van der Waals surface area (Å²) in [7, 11) is 1.43. The van der Waals surface area contributed by atoms with Crippen molar-refractivity contribution in [1.82, 2.24) is 0 Å². The molecule has 0 aliphatic carbocycles. The quantitative estimate of drug-likeness (QED) is 0.0177. The van der Waals surface area contributed by atoms with Gasteiger partial charge in [-0.25, -0.2) is 4.57 Å². The summed E-state index contributed by atoms with van der Waals surface area (Å²) in [5.74, 6) is -0.860. The van der Waals surface area contributed by atoms with E-state index in [2.05, 4.69) is 68.5 Å². The first-order valence-electron chi connectivity index (χ1n) is 19.2. The molecule has 0 amide bonds. The zero-order valence-electron chi connectivity index (χ0n) is 32.6. The highest BCUT2D eigenvalue weighted by Gasteiger charge is 2.27. The maximum absolute atomic E-state index is 12.6. The van der Waals surface area contributed by atoms with Crippen molar-refractivity contribution in [2.75, 3.05) is 47.5 Å². The Bertz CT molecular complexity index is 1100. The van der Waals surface area contributed by atoms with Crippen molar-refractivity contribution in [3.8, 4) is 0 Å². The van der Waals surface area contributed by atoms with Crippen LogP contribution < -0.4 is 0 Å². The molecular weight excluding hydrogens is 665 g/mol. The van der Waals surface area contributed by atoms with Crippen molar-refractivity contribution in [1.29, 1.82) is 0 Å². The predicted molar refractivity (Wildman–Crippen MR) is 210 cm³/mol. The Kier molecular flexibility index (Phi) is 31.6. The second kappa shape index (κ2) is 33.3. The number of hydrogen-bond donors (Lipinski definition) is 1. The van der Waals surface area contributed by atoms with Gasteiger partial charge in [-0.15, -0.1) is 0 Å². The van der Waals surface area contributed by atoms with Crippen LogP contribution in [0.25, 0.3) is 0 Å². The van der Waals surface area contributed by atoms with Crippen molar-refractivity contribution < 1.29 is 42.1 Å². The van der Waals surface area contributed by atoms with Crippen LogP contribution in [0.15, 0.2) is 72.9 Å². The molecule has 0 spiro atoms. The zero-order valence-corrected chi connectivity index (χ0v) is 33.4. The van der Waals surface area contributed by atoms with Gasteiger partial charge in [-0.3, -0.25) is 18.6 Å². The van der Waals surface area contributed by atoms with Crippen LogP contribution >= 0.6 is 7.82 Å². The highest BCUT2D eigenvalue weighted by atomic mass is 31.2. The van der Waals surface area contributed by atoms with Crippen molar-refractivity contribution in [2.24, 2.45) is 0 Å². The number of ether oxygens (including phenoxy) is 2. The second-order valence-corrected chi connectivity index (χ2v) is 15.1. The first-order valence-corrected chi connectivity index (χ1v) is 20.7. The molecule has 292 valence electrons. The average molecular weight is 737 g/mol. The van der Waals surface area contributed by atoms with Crippen molar-refractivity contribution in [3.63, 3.8) is 0 Å². The Morgan fingerprint density at radius 2 is 1.16 bits per heavy atom. The molecule has 0 aromatic heterocycles. The molecule has 0 aromatic carbocycles. The standard InChI is InChI=1S/C41H70NO8P/c1-6-8-10-12-14-16-18-20-22-23-25-27-29-31-33-40(43)47-37-39(38-49-51(45,46)48-36-35-42(3,4)5)50-41(44)34-32-30-28-26-24-21-19-17-15-13-11-9-7-2/h8-11,13-17,19-20,22,39H,6-7,12,18,21,23-38H2,1-5H3/p+1/b10-8+,11-9+,15-13+,16-14+,19-17+,22-20+. The third kappa shape index (κ3) is 37.0. The van der Waals surface area contributed by atoms with Gasteiger partial charge < -0.3 is 18.9 Å². The number of phosphoric ester groups is 1. The van der Waals surface area contributed by atoms with E-state index in [1.54, 1.807) is 0 Å². The lowest BCUT2D eigenvalue weighted by Crippen LogP contribution is -2.37. The van der Waals surface area contributed by atoms with Gasteiger partial charge in [0.1, 0.15) is 19.8 Å². The molecule has 0 aromatic rings. The maximum atomic E-state index is 12.6. The minimum Gasteiger partial charge on any atom is -0.462 e. The Labute approximate surface area is 310 Å². The van der Waals surface area contributed by atoms with Crippen molar-refractivity contribution in [2.45, 2.75) is 129 Å². The first-order chi connectivity index (χ1) is 24.5. The number of carbonyl (C=O) groups excluding carboxylic acids is 2. The van der Waals surface area contributed by atoms with Gasteiger partial charge in [0, 0.05) is 12.8 Å². The van der Waals surface area contributed by atoms with E-state index in [4.69, 9.17) is 18.5 Å². The normalized spacial score (nSPS) is 14.5. The van der Waals surface area contributed by atoms with E-state index in [9.17, 15) is 19.0 Å².